The summed E-state index contributed by atoms with van der Waals surface area (Å²) in [6, 6.07) is 8.74. The van der Waals surface area contributed by atoms with E-state index in [1.807, 2.05) is 9.47 Å². The molecule has 0 spiro atoms. The molecule has 2 aromatic rings. The van der Waals surface area contributed by atoms with Gasteiger partial charge in [0.1, 0.15) is 0 Å². The first-order valence-corrected chi connectivity index (χ1v) is 9.37. The Kier molecular flexibility index (Phi) is 4.63. The van der Waals surface area contributed by atoms with E-state index in [1.54, 1.807) is 24.3 Å². The van der Waals surface area contributed by atoms with Gasteiger partial charge < -0.3 is 14.8 Å². The standard InChI is InChI=1S/C20H21N5O2/c21-13-14-6-8-15(9-7-14)22-19(26)17-16-5-1-2-12-25(16)18(23-17)20(27)24-10-3-4-11-24/h6-9H,1-5,10-12H2,(H,22,26). The maximum Gasteiger partial charge on any atom is 0.289 e. The summed E-state index contributed by atoms with van der Waals surface area (Å²) in [7, 11) is 0. The van der Waals surface area contributed by atoms with E-state index < -0.39 is 0 Å². The number of anilines is 1. The summed E-state index contributed by atoms with van der Waals surface area (Å²) in [5, 5.41) is 11.7. The lowest BCUT2D eigenvalue weighted by Gasteiger charge is -2.19. The Morgan fingerprint density at radius 3 is 2.44 bits per heavy atom. The summed E-state index contributed by atoms with van der Waals surface area (Å²) in [6.07, 6.45) is 4.76. The highest BCUT2D eigenvalue weighted by Gasteiger charge is 2.30. The van der Waals surface area contributed by atoms with Crippen LogP contribution in [0, 0.1) is 11.3 Å². The van der Waals surface area contributed by atoms with Gasteiger partial charge in [-0.3, -0.25) is 9.59 Å². The van der Waals surface area contributed by atoms with Gasteiger partial charge in [-0.15, -0.1) is 0 Å². The van der Waals surface area contributed by atoms with E-state index in [1.165, 1.54) is 0 Å². The fourth-order valence-corrected chi connectivity index (χ4v) is 3.77. The van der Waals surface area contributed by atoms with Crippen molar-refractivity contribution in [3.63, 3.8) is 0 Å². The summed E-state index contributed by atoms with van der Waals surface area (Å²) in [4.78, 5) is 32.0. The van der Waals surface area contributed by atoms with Crippen molar-refractivity contribution in [1.29, 1.82) is 5.26 Å². The quantitative estimate of drug-likeness (QED) is 0.907. The third-order valence-electron chi connectivity index (χ3n) is 5.19. The van der Waals surface area contributed by atoms with Crippen LogP contribution in [-0.4, -0.2) is 39.4 Å². The third kappa shape index (κ3) is 3.31. The zero-order valence-corrected chi connectivity index (χ0v) is 15.1. The molecular formula is C20H21N5O2. The summed E-state index contributed by atoms with van der Waals surface area (Å²) in [5.74, 6) is -0.00418. The lowest BCUT2D eigenvalue weighted by molar-refractivity contribution is 0.0774. The SMILES string of the molecule is N#Cc1ccc(NC(=O)c2nc(C(=O)N3CCCC3)n3c2CCCC3)cc1. The molecule has 1 aromatic carbocycles. The first-order chi connectivity index (χ1) is 13.2. The highest BCUT2D eigenvalue weighted by Crippen LogP contribution is 2.24. The molecular weight excluding hydrogens is 342 g/mol. The molecule has 27 heavy (non-hydrogen) atoms. The molecule has 0 unspecified atom stereocenters. The second-order valence-electron chi connectivity index (χ2n) is 6.98. The molecule has 138 valence electrons. The summed E-state index contributed by atoms with van der Waals surface area (Å²) in [6.45, 7) is 2.24. The van der Waals surface area contributed by atoms with Crippen molar-refractivity contribution in [2.45, 2.75) is 38.6 Å². The molecule has 0 bridgehead atoms. The van der Waals surface area contributed by atoms with Crippen molar-refractivity contribution in [3.8, 4) is 6.07 Å². The number of imidazole rings is 1. The number of nitrogens with one attached hydrogen (secondary N) is 1. The van der Waals surface area contributed by atoms with Gasteiger partial charge in [0.25, 0.3) is 11.8 Å². The zero-order valence-electron chi connectivity index (χ0n) is 15.1. The van der Waals surface area contributed by atoms with Gasteiger partial charge in [-0.2, -0.15) is 5.26 Å². The number of carbonyl (C=O) groups excluding carboxylic acids is 2. The zero-order chi connectivity index (χ0) is 18.8. The lowest BCUT2D eigenvalue weighted by Crippen LogP contribution is -2.31. The molecule has 0 saturated carbocycles. The van der Waals surface area contributed by atoms with Gasteiger partial charge in [0.05, 0.1) is 17.3 Å². The molecule has 4 rings (SSSR count). The lowest BCUT2D eigenvalue weighted by atomic mass is 10.1. The Hall–Kier alpha value is -3.14. The van der Waals surface area contributed by atoms with Crippen LogP contribution in [0.15, 0.2) is 24.3 Å². The first kappa shape index (κ1) is 17.3. The number of aromatic nitrogens is 2. The monoisotopic (exact) mass is 363 g/mol. The van der Waals surface area contributed by atoms with Gasteiger partial charge in [0, 0.05) is 25.3 Å². The Morgan fingerprint density at radius 1 is 1.04 bits per heavy atom. The topological polar surface area (TPSA) is 91.0 Å². The fourth-order valence-electron chi connectivity index (χ4n) is 3.77. The largest absolute Gasteiger partial charge is 0.336 e. The van der Waals surface area contributed by atoms with Gasteiger partial charge in [0.15, 0.2) is 11.5 Å². The Labute approximate surface area is 157 Å². The second-order valence-corrected chi connectivity index (χ2v) is 6.98. The number of likely N-dealkylation sites (tertiary alicyclic amines) is 1. The predicted molar refractivity (Wildman–Crippen MR) is 99.4 cm³/mol. The van der Waals surface area contributed by atoms with Crippen LogP contribution in [0.2, 0.25) is 0 Å². The second kappa shape index (κ2) is 7.23. The van der Waals surface area contributed by atoms with Crippen molar-refractivity contribution < 1.29 is 9.59 Å². The van der Waals surface area contributed by atoms with Crippen LogP contribution in [0.5, 0.6) is 0 Å². The number of amides is 2. The van der Waals surface area contributed by atoms with E-state index >= 15 is 0 Å². The highest BCUT2D eigenvalue weighted by atomic mass is 16.2. The number of benzene rings is 1. The first-order valence-electron chi connectivity index (χ1n) is 9.37. The summed E-state index contributed by atoms with van der Waals surface area (Å²) >= 11 is 0. The van der Waals surface area contributed by atoms with Gasteiger partial charge in [0.2, 0.25) is 0 Å². The molecule has 0 aliphatic carbocycles. The molecule has 1 N–H and O–H groups in total. The van der Waals surface area contributed by atoms with Crippen LogP contribution in [-0.2, 0) is 13.0 Å². The smallest absolute Gasteiger partial charge is 0.289 e. The molecule has 1 fully saturated rings. The molecule has 0 atom stereocenters. The predicted octanol–water partition coefficient (Wildman–Crippen LogP) is 2.58. The van der Waals surface area contributed by atoms with Gasteiger partial charge >= 0.3 is 0 Å². The van der Waals surface area contributed by atoms with Crippen LogP contribution in [0.1, 0.15) is 58.0 Å². The average Bonchev–Trinajstić information content (AvgIpc) is 3.36. The number of hydrogen-bond donors (Lipinski definition) is 1. The molecule has 2 aliphatic heterocycles. The normalized spacial score (nSPS) is 15.9. The fraction of sp³-hybridized carbons (Fsp3) is 0.400. The average molecular weight is 363 g/mol. The van der Waals surface area contributed by atoms with Gasteiger partial charge in [-0.05, 0) is 56.4 Å². The molecule has 0 radical (unpaired) electrons. The number of nitriles is 1. The van der Waals surface area contributed by atoms with Crippen LogP contribution in [0.3, 0.4) is 0 Å². The Bertz CT molecular complexity index is 917. The number of rotatable bonds is 3. The Morgan fingerprint density at radius 2 is 1.74 bits per heavy atom. The van der Waals surface area contributed by atoms with Crippen molar-refractivity contribution in [2.75, 3.05) is 18.4 Å². The van der Waals surface area contributed by atoms with Crippen molar-refractivity contribution in [1.82, 2.24) is 14.5 Å². The minimum Gasteiger partial charge on any atom is -0.336 e. The molecule has 2 amide bonds. The van der Waals surface area contributed by atoms with E-state index in [4.69, 9.17) is 5.26 Å². The van der Waals surface area contributed by atoms with E-state index in [2.05, 4.69) is 16.4 Å². The number of nitrogens with zero attached hydrogens (tertiary/aromatic N) is 4. The van der Waals surface area contributed by atoms with Crippen LogP contribution >= 0.6 is 0 Å². The minimum atomic E-state index is -0.314. The Balaban J connectivity index is 1.62. The van der Waals surface area contributed by atoms with Crippen molar-refractivity contribution >= 4 is 17.5 Å². The molecule has 1 saturated heterocycles. The summed E-state index contributed by atoms with van der Waals surface area (Å²) in [5.41, 5.74) is 2.31. The van der Waals surface area contributed by atoms with E-state index in [-0.39, 0.29) is 11.8 Å². The maximum atomic E-state index is 12.9. The highest BCUT2D eigenvalue weighted by molar-refractivity contribution is 6.05. The number of fused-ring (bicyclic) bond motifs is 1. The third-order valence-corrected chi connectivity index (χ3v) is 5.19. The van der Waals surface area contributed by atoms with Crippen LogP contribution < -0.4 is 5.32 Å². The molecule has 7 nitrogen and oxygen atoms in total. The molecule has 3 heterocycles. The number of hydrogen-bond acceptors (Lipinski definition) is 4. The van der Waals surface area contributed by atoms with Gasteiger partial charge in [-0.25, -0.2) is 4.98 Å². The van der Waals surface area contributed by atoms with Crippen molar-refractivity contribution in [2.24, 2.45) is 0 Å². The van der Waals surface area contributed by atoms with Crippen molar-refractivity contribution in [3.05, 3.63) is 47.0 Å². The van der Waals surface area contributed by atoms with E-state index in [0.717, 1.165) is 57.4 Å². The molecule has 7 heteroatoms. The van der Waals surface area contributed by atoms with E-state index in [0.29, 0.717) is 22.8 Å². The minimum absolute atomic E-state index is 0.0759. The molecule has 2 aliphatic rings. The number of carbonyl (C=O) groups is 2. The molecule has 1 aromatic heterocycles. The van der Waals surface area contributed by atoms with E-state index in [9.17, 15) is 9.59 Å². The summed E-state index contributed by atoms with van der Waals surface area (Å²) < 4.78 is 1.93. The van der Waals surface area contributed by atoms with Crippen LogP contribution in [0.4, 0.5) is 5.69 Å². The van der Waals surface area contributed by atoms with Crippen LogP contribution in [0.25, 0.3) is 0 Å². The van der Waals surface area contributed by atoms with Gasteiger partial charge in [-0.1, -0.05) is 0 Å². The maximum absolute atomic E-state index is 12.9.